The molecule has 0 atom stereocenters. The van der Waals surface area contributed by atoms with Crippen LogP contribution in [0.5, 0.6) is 5.75 Å². The van der Waals surface area contributed by atoms with Crippen LogP contribution in [-0.4, -0.2) is 15.9 Å². The van der Waals surface area contributed by atoms with E-state index < -0.39 is 0 Å². The molecule has 1 aliphatic rings. The van der Waals surface area contributed by atoms with Crippen molar-refractivity contribution in [2.75, 3.05) is 0 Å². The summed E-state index contributed by atoms with van der Waals surface area (Å²) < 4.78 is 10.7. The van der Waals surface area contributed by atoms with Crippen LogP contribution in [0.4, 0.5) is 0 Å². The van der Waals surface area contributed by atoms with Gasteiger partial charge in [-0.3, -0.25) is 4.79 Å². The van der Waals surface area contributed by atoms with E-state index in [1.165, 1.54) is 6.92 Å². The molecule has 0 aliphatic heterocycles. The van der Waals surface area contributed by atoms with Gasteiger partial charge in [0.25, 0.3) is 0 Å². The minimum Gasteiger partial charge on any atom is -0.485 e. The smallest absolute Gasteiger partial charge is 0.229 e. The Morgan fingerprint density at radius 1 is 1.47 bits per heavy atom. The van der Waals surface area contributed by atoms with Crippen molar-refractivity contribution in [2.45, 2.75) is 32.3 Å². The number of ether oxygens (including phenoxy) is 1. The lowest BCUT2D eigenvalue weighted by molar-refractivity contribution is 0.101. The van der Waals surface area contributed by atoms with Crippen LogP contribution < -0.4 is 4.74 Å². The van der Waals surface area contributed by atoms with Crippen molar-refractivity contribution in [3.8, 4) is 5.75 Å². The third kappa shape index (κ3) is 2.81. The van der Waals surface area contributed by atoms with E-state index in [1.54, 1.807) is 24.3 Å². The maximum absolute atomic E-state index is 11.3. The molecule has 98 valence electrons. The first-order chi connectivity index (χ1) is 9.22. The van der Waals surface area contributed by atoms with Crippen LogP contribution in [0.1, 0.15) is 47.8 Å². The van der Waals surface area contributed by atoms with Gasteiger partial charge in [-0.15, -0.1) is 0 Å². The van der Waals surface area contributed by atoms with Crippen LogP contribution >= 0.6 is 0 Å². The molecule has 0 N–H and O–H groups in total. The van der Waals surface area contributed by atoms with Gasteiger partial charge in [-0.25, -0.2) is 0 Å². The van der Waals surface area contributed by atoms with Crippen molar-refractivity contribution in [3.05, 3.63) is 41.5 Å². The van der Waals surface area contributed by atoms with Gasteiger partial charge in [0, 0.05) is 11.5 Å². The molecular weight excluding hydrogens is 244 g/mol. The number of hydrogen-bond donors (Lipinski definition) is 0. The summed E-state index contributed by atoms with van der Waals surface area (Å²) in [5, 5.41) is 3.87. The second-order valence-electron chi connectivity index (χ2n) is 4.70. The standard InChI is InChI=1S/C14H14N2O3/c1-9(17)11-3-2-4-12(7-11)18-8-13-15-14(19-16-13)10-5-6-10/h2-4,7,10H,5-6,8H2,1H3. The Balaban J connectivity index is 1.64. The molecule has 5 heteroatoms. The van der Waals surface area contributed by atoms with Crippen LogP contribution in [0.2, 0.25) is 0 Å². The normalized spacial score (nSPS) is 14.4. The number of carbonyl (C=O) groups is 1. The summed E-state index contributed by atoms with van der Waals surface area (Å²) in [5.74, 6) is 2.33. The molecule has 0 unspecified atom stereocenters. The molecule has 3 rings (SSSR count). The highest BCUT2D eigenvalue weighted by Crippen LogP contribution is 2.38. The number of aromatic nitrogens is 2. The second-order valence-corrected chi connectivity index (χ2v) is 4.70. The number of ketones is 1. The Hall–Kier alpha value is -2.17. The van der Waals surface area contributed by atoms with E-state index in [9.17, 15) is 4.79 Å². The SMILES string of the molecule is CC(=O)c1cccc(OCc2noc(C3CC3)n2)c1. The minimum absolute atomic E-state index is 0.0148. The Labute approximate surface area is 110 Å². The Kier molecular flexibility index (Phi) is 3.03. The molecule has 2 aromatic rings. The lowest BCUT2D eigenvalue weighted by Gasteiger charge is -2.04. The molecule has 1 heterocycles. The number of carbonyl (C=O) groups excluding carboxylic acids is 1. The van der Waals surface area contributed by atoms with Gasteiger partial charge in [-0.05, 0) is 31.9 Å². The van der Waals surface area contributed by atoms with E-state index in [4.69, 9.17) is 9.26 Å². The summed E-state index contributed by atoms with van der Waals surface area (Å²) in [6.45, 7) is 1.78. The number of nitrogens with zero attached hydrogens (tertiary/aromatic N) is 2. The molecular formula is C14H14N2O3. The molecule has 1 aliphatic carbocycles. The fraction of sp³-hybridized carbons (Fsp3) is 0.357. The minimum atomic E-state index is 0.0148. The Bertz CT molecular complexity index is 602. The number of Topliss-reactive ketones (excluding diaryl/α,β-unsaturated/α-hetero) is 1. The summed E-state index contributed by atoms with van der Waals surface area (Å²) in [6.07, 6.45) is 2.26. The van der Waals surface area contributed by atoms with Gasteiger partial charge in [-0.2, -0.15) is 4.98 Å². The highest BCUT2D eigenvalue weighted by Gasteiger charge is 2.29. The molecule has 1 fully saturated rings. The average molecular weight is 258 g/mol. The summed E-state index contributed by atoms with van der Waals surface area (Å²) in [7, 11) is 0. The highest BCUT2D eigenvalue weighted by atomic mass is 16.5. The van der Waals surface area contributed by atoms with Crippen molar-refractivity contribution < 1.29 is 14.1 Å². The number of benzene rings is 1. The van der Waals surface area contributed by atoms with Crippen molar-refractivity contribution in [2.24, 2.45) is 0 Å². The molecule has 0 saturated heterocycles. The first kappa shape index (κ1) is 11.9. The van der Waals surface area contributed by atoms with E-state index in [-0.39, 0.29) is 12.4 Å². The summed E-state index contributed by atoms with van der Waals surface area (Å²) in [4.78, 5) is 15.5. The van der Waals surface area contributed by atoms with Crippen LogP contribution in [0.15, 0.2) is 28.8 Å². The van der Waals surface area contributed by atoms with Crippen molar-refractivity contribution >= 4 is 5.78 Å². The maximum atomic E-state index is 11.3. The molecule has 0 bridgehead atoms. The molecule has 1 saturated carbocycles. The van der Waals surface area contributed by atoms with Crippen molar-refractivity contribution in [1.29, 1.82) is 0 Å². The summed E-state index contributed by atoms with van der Waals surface area (Å²) in [5.41, 5.74) is 0.629. The van der Waals surface area contributed by atoms with Crippen LogP contribution in [0, 0.1) is 0 Å². The zero-order valence-electron chi connectivity index (χ0n) is 10.6. The van der Waals surface area contributed by atoms with Gasteiger partial charge in [0.05, 0.1) is 0 Å². The zero-order valence-corrected chi connectivity index (χ0v) is 10.6. The zero-order chi connectivity index (χ0) is 13.2. The van der Waals surface area contributed by atoms with E-state index in [1.807, 2.05) is 0 Å². The summed E-state index contributed by atoms with van der Waals surface area (Å²) >= 11 is 0. The predicted molar refractivity (Wildman–Crippen MR) is 67.1 cm³/mol. The lowest BCUT2D eigenvalue weighted by atomic mass is 10.1. The van der Waals surface area contributed by atoms with E-state index >= 15 is 0 Å². The monoisotopic (exact) mass is 258 g/mol. The van der Waals surface area contributed by atoms with Crippen molar-refractivity contribution in [1.82, 2.24) is 10.1 Å². The van der Waals surface area contributed by atoms with Crippen LogP contribution in [0.3, 0.4) is 0 Å². The van der Waals surface area contributed by atoms with Gasteiger partial charge in [-0.1, -0.05) is 17.3 Å². The van der Waals surface area contributed by atoms with Gasteiger partial charge in [0.15, 0.2) is 12.4 Å². The second kappa shape index (κ2) is 4.84. The molecule has 0 spiro atoms. The topological polar surface area (TPSA) is 65.2 Å². The third-order valence-corrected chi connectivity index (χ3v) is 3.02. The van der Waals surface area contributed by atoms with E-state index in [2.05, 4.69) is 10.1 Å². The molecule has 1 aromatic heterocycles. The largest absolute Gasteiger partial charge is 0.485 e. The maximum Gasteiger partial charge on any atom is 0.229 e. The Morgan fingerprint density at radius 2 is 2.32 bits per heavy atom. The quantitative estimate of drug-likeness (QED) is 0.771. The predicted octanol–water partition coefficient (Wildman–Crippen LogP) is 2.73. The van der Waals surface area contributed by atoms with E-state index in [0.29, 0.717) is 28.9 Å². The Morgan fingerprint density at radius 3 is 3.05 bits per heavy atom. The molecule has 0 amide bonds. The van der Waals surface area contributed by atoms with Gasteiger partial charge < -0.3 is 9.26 Å². The van der Waals surface area contributed by atoms with Crippen LogP contribution in [-0.2, 0) is 6.61 Å². The average Bonchev–Trinajstić information content (AvgIpc) is 3.16. The molecule has 19 heavy (non-hydrogen) atoms. The molecule has 5 nitrogen and oxygen atoms in total. The fourth-order valence-corrected chi connectivity index (χ4v) is 1.77. The number of rotatable bonds is 5. The van der Waals surface area contributed by atoms with Gasteiger partial charge in [0.2, 0.25) is 11.7 Å². The van der Waals surface area contributed by atoms with Gasteiger partial charge in [0.1, 0.15) is 5.75 Å². The van der Waals surface area contributed by atoms with E-state index in [0.717, 1.165) is 12.8 Å². The van der Waals surface area contributed by atoms with Gasteiger partial charge >= 0.3 is 0 Å². The number of hydrogen-bond acceptors (Lipinski definition) is 5. The van der Waals surface area contributed by atoms with Crippen molar-refractivity contribution in [3.63, 3.8) is 0 Å². The first-order valence-corrected chi connectivity index (χ1v) is 6.28. The third-order valence-electron chi connectivity index (χ3n) is 3.02. The summed E-state index contributed by atoms with van der Waals surface area (Å²) in [6, 6.07) is 7.06. The highest BCUT2D eigenvalue weighted by molar-refractivity contribution is 5.94. The van der Waals surface area contributed by atoms with Crippen LogP contribution in [0.25, 0.3) is 0 Å². The molecule has 0 radical (unpaired) electrons. The first-order valence-electron chi connectivity index (χ1n) is 6.28. The molecule has 1 aromatic carbocycles. The fourth-order valence-electron chi connectivity index (χ4n) is 1.77. The lowest BCUT2D eigenvalue weighted by Crippen LogP contribution is -1.99.